The van der Waals surface area contributed by atoms with E-state index in [1.165, 1.54) is 0 Å². The molecule has 102 valence electrons. The molecule has 1 saturated heterocycles. The number of anilines is 1. The molecule has 1 N–H and O–H groups in total. The van der Waals surface area contributed by atoms with Crippen molar-refractivity contribution in [3.05, 3.63) is 22.7 Å². The molecule has 2 heterocycles. The third kappa shape index (κ3) is 2.47. The maximum atomic E-state index is 12.3. The topological polar surface area (TPSA) is 75.4 Å². The van der Waals surface area contributed by atoms with E-state index in [4.69, 9.17) is 5.11 Å². The van der Waals surface area contributed by atoms with Crippen LogP contribution in [0.3, 0.4) is 0 Å². The van der Waals surface area contributed by atoms with Crippen LogP contribution in [-0.2, 0) is 4.79 Å². The molecule has 2 aliphatic rings. The lowest BCUT2D eigenvalue weighted by Gasteiger charge is -2.17. The summed E-state index contributed by atoms with van der Waals surface area (Å²) in [5, 5.41) is 8.81. The molecule has 1 saturated carbocycles. The van der Waals surface area contributed by atoms with Crippen molar-refractivity contribution in [2.75, 3.05) is 18.0 Å². The van der Waals surface area contributed by atoms with E-state index in [9.17, 15) is 9.59 Å². The van der Waals surface area contributed by atoms with Crippen molar-refractivity contribution in [1.29, 1.82) is 0 Å². The van der Waals surface area contributed by atoms with Gasteiger partial charge in [-0.2, -0.15) is 0 Å². The van der Waals surface area contributed by atoms with Crippen LogP contribution in [0.1, 0.15) is 31.7 Å². The first kappa shape index (κ1) is 12.2. The van der Waals surface area contributed by atoms with Crippen molar-refractivity contribution in [2.24, 2.45) is 5.92 Å². The second kappa shape index (κ2) is 4.68. The van der Waals surface area contributed by atoms with Crippen LogP contribution in [0, 0.1) is 5.92 Å². The van der Waals surface area contributed by atoms with Gasteiger partial charge in [0.05, 0.1) is 0 Å². The van der Waals surface area contributed by atoms with Crippen molar-refractivity contribution in [3.8, 4) is 0 Å². The van der Waals surface area contributed by atoms with Crippen LogP contribution in [0.4, 0.5) is 5.82 Å². The summed E-state index contributed by atoms with van der Waals surface area (Å²) in [5.41, 5.74) is -0.0408. The van der Waals surface area contributed by atoms with Crippen LogP contribution in [0.2, 0.25) is 0 Å². The van der Waals surface area contributed by atoms with E-state index < -0.39 is 5.97 Å². The average molecular weight is 263 g/mol. The lowest BCUT2D eigenvalue weighted by molar-refractivity contribution is -0.137. The van der Waals surface area contributed by atoms with Crippen LogP contribution in [0.15, 0.2) is 17.2 Å². The summed E-state index contributed by atoms with van der Waals surface area (Å²) in [6, 6.07) is 0.340. The van der Waals surface area contributed by atoms with Crippen LogP contribution < -0.4 is 10.5 Å². The van der Waals surface area contributed by atoms with Crippen LogP contribution >= 0.6 is 0 Å². The van der Waals surface area contributed by atoms with E-state index in [0.717, 1.165) is 25.8 Å². The molecule has 1 aliphatic heterocycles. The first-order valence-electron chi connectivity index (χ1n) is 6.69. The van der Waals surface area contributed by atoms with Crippen molar-refractivity contribution < 1.29 is 9.90 Å². The second-order valence-corrected chi connectivity index (χ2v) is 5.39. The Labute approximate surface area is 110 Å². The first-order chi connectivity index (χ1) is 9.15. The Kier molecular flexibility index (Phi) is 3.00. The van der Waals surface area contributed by atoms with Crippen molar-refractivity contribution in [2.45, 2.75) is 31.7 Å². The lowest BCUT2D eigenvalue weighted by Crippen LogP contribution is -2.31. The van der Waals surface area contributed by atoms with Gasteiger partial charge in [-0.1, -0.05) is 0 Å². The number of carboxylic acids is 1. The van der Waals surface area contributed by atoms with Gasteiger partial charge in [-0.3, -0.25) is 9.59 Å². The van der Waals surface area contributed by atoms with Crippen LogP contribution in [0.25, 0.3) is 0 Å². The average Bonchev–Trinajstić information content (AvgIpc) is 3.10. The molecule has 0 aromatic carbocycles. The van der Waals surface area contributed by atoms with Gasteiger partial charge in [-0.05, 0) is 25.2 Å². The zero-order valence-electron chi connectivity index (χ0n) is 10.7. The standard InChI is InChI=1S/C13H17N3O3/c17-11(18)7-9-3-5-15(8-9)12-13(19)16(6-4-14-12)10-1-2-10/h4,6,9-10H,1-3,5,7-8H2,(H,17,18). The van der Waals surface area contributed by atoms with E-state index in [2.05, 4.69) is 4.98 Å². The Bertz CT molecular complexity index is 550. The number of carbonyl (C=O) groups is 1. The van der Waals surface area contributed by atoms with Crippen molar-refractivity contribution in [3.63, 3.8) is 0 Å². The quantitative estimate of drug-likeness (QED) is 0.872. The van der Waals surface area contributed by atoms with Gasteiger partial charge in [-0.15, -0.1) is 0 Å². The summed E-state index contributed by atoms with van der Waals surface area (Å²) in [7, 11) is 0. The summed E-state index contributed by atoms with van der Waals surface area (Å²) >= 11 is 0. The summed E-state index contributed by atoms with van der Waals surface area (Å²) in [5.74, 6) is -0.182. The minimum atomic E-state index is -0.775. The number of aliphatic carboxylic acids is 1. The molecular formula is C13H17N3O3. The lowest BCUT2D eigenvalue weighted by atomic mass is 10.1. The van der Waals surface area contributed by atoms with Gasteiger partial charge < -0.3 is 14.6 Å². The molecule has 2 fully saturated rings. The highest BCUT2D eigenvalue weighted by Gasteiger charge is 2.30. The Morgan fingerprint density at radius 3 is 2.89 bits per heavy atom. The zero-order valence-corrected chi connectivity index (χ0v) is 10.7. The number of nitrogens with zero attached hydrogens (tertiary/aromatic N) is 3. The third-order valence-corrected chi connectivity index (χ3v) is 3.84. The van der Waals surface area contributed by atoms with Crippen LogP contribution in [-0.4, -0.2) is 33.7 Å². The Hall–Kier alpha value is -1.85. The normalized spacial score (nSPS) is 22.7. The molecule has 1 atom stereocenters. The molecule has 6 nitrogen and oxygen atoms in total. The molecule has 1 unspecified atom stereocenters. The molecule has 0 bridgehead atoms. The SMILES string of the molecule is O=C(O)CC1CCN(c2nccn(C3CC3)c2=O)C1. The van der Waals surface area contributed by atoms with Gasteiger partial charge in [0.2, 0.25) is 0 Å². The van der Waals surface area contributed by atoms with E-state index in [1.54, 1.807) is 17.0 Å². The van der Waals surface area contributed by atoms with Gasteiger partial charge in [0.1, 0.15) is 0 Å². The van der Waals surface area contributed by atoms with Crippen molar-refractivity contribution >= 4 is 11.8 Å². The minimum absolute atomic E-state index is 0.0408. The number of aromatic nitrogens is 2. The highest BCUT2D eigenvalue weighted by molar-refractivity contribution is 5.67. The molecule has 3 rings (SSSR count). The third-order valence-electron chi connectivity index (χ3n) is 3.84. The fraction of sp³-hybridized carbons (Fsp3) is 0.615. The fourth-order valence-corrected chi connectivity index (χ4v) is 2.71. The van der Waals surface area contributed by atoms with E-state index >= 15 is 0 Å². The van der Waals surface area contributed by atoms with Crippen molar-refractivity contribution in [1.82, 2.24) is 9.55 Å². The molecule has 0 amide bonds. The molecule has 6 heteroatoms. The van der Waals surface area contributed by atoms with Crippen LogP contribution in [0.5, 0.6) is 0 Å². The van der Waals surface area contributed by atoms with E-state index in [1.807, 2.05) is 4.90 Å². The fourth-order valence-electron chi connectivity index (χ4n) is 2.71. The molecule has 0 radical (unpaired) electrons. The number of hydrogen-bond acceptors (Lipinski definition) is 4. The monoisotopic (exact) mass is 263 g/mol. The Morgan fingerprint density at radius 2 is 2.21 bits per heavy atom. The first-order valence-corrected chi connectivity index (χ1v) is 6.69. The Balaban J connectivity index is 1.78. The molecule has 19 heavy (non-hydrogen) atoms. The predicted octanol–water partition coefficient (Wildman–Crippen LogP) is 0.879. The molecule has 1 aliphatic carbocycles. The minimum Gasteiger partial charge on any atom is -0.481 e. The van der Waals surface area contributed by atoms with Gasteiger partial charge in [0.15, 0.2) is 5.82 Å². The summed E-state index contributed by atoms with van der Waals surface area (Å²) in [6.45, 7) is 1.33. The maximum absolute atomic E-state index is 12.3. The van der Waals surface area contributed by atoms with Gasteiger partial charge in [0, 0.05) is 37.9 Å². The van der Waals surface area contributed by atoms with E-state index in [-0.39, 0.29) is 17.9 Å². The molecule has 1 aromatic heterocycles. The van der Waals surface area contributed by atoms with Gasteiger partial charge in [-0.25, -0.2) is 4.98 Å². The van der Waals surface area contributed by atoms with Gasteiger partial charge >= 0.3 is 5.97 Å². The maximum Gasteiger partial charge on any atom is 0.303 e. The highest BCUT2D eigenvalue weighted by Crippen LogP contribution is 2.33. The molecular weight excluding hydrogens is 246 g/mol. The number of carboxylic acid groups (broad SMARTS) is 1. The summed E-state index contributed by atoms with van der Waals surface area (Å²) < 4.78 is 1.76. The number of hydrogen-bond donors (Lipinski definition) is 1. The summed E-state index contributed by atoms with van der Waals surface area (Å²) in [6.07, 6.45) is 6.51. The predicted molar refractivity (Wildman–Crippen MR) is 69.3 cm³/mol. The second-order valence-electron chi connectivity index (χ2n) is 5.39. The zero-order chi connectivity index (χ0) is 13.4. The molecule has 1 aromatic rings. The molecule has 0 spiro atoms. The highest BCUT2D eigenvalue weighted by atomic mass is 16.4. The van der Waals surface area contributed by atoms with E-state index in [0.29, 0.717) is 18.4 Å². The number of rotatable bonds is 4. The largest absolute Gasteiger partial charge is 0.481 e. The smallest absolute Gasteiger partial charge is 0.303 e. The van der Waals surface area contributed by atoms with Gasteiger partial charge in [0.25, 0.3) is 5.56 Å². The summed E-state index contributed by atoms with van der Waals surface area (Å²) in [4.78, 5) is 29.1. The Morgan fingerprint density at radius 1 is 1.42 bits per heavy atom.